The Morgan fingerprint density at radius 3 is 3.05 bits per heavy atom. The zero-order valence-electron chi connectivity index (χ0n) is 11.6. The molecule has 1 aromatic heterocycles. The van der Waals surface area contributed by atoms with Crippen molar-refractivity contribution in [2.75, 3.05) is 11.4 Å². The minimum atomic E-state index is 0.00524. The van der Waals surface area contributed by atoms with Gasteiger partial charge in [0.15, 0.2) is 0 Å². The second kappa shape index (κ2) is 4.23. The first-order valence-corrected chi connectivity index (χ1v) is 7.25. The van der Waals surface area contributed by atoms with Crippen molar-refractivity contribution >= 4 is 11.6 Å². The van der Waals surface area contributed by atoms with Crippen LogP contribution < -0.4 is 4.90 Å². The molecule has 0 bridgehead atoms. The van der Waals surface area contributed by atoms with E-state index in [9.17, 15) is 4.79 Å². The van der Waals surface area contributed by atoms with Crippen molar-refractivity contribution in [1.82, 2.24) is 0 Å². The highest BCUT2D eigenvalue weighted by Gasteiger charge is 2.32. The summed E-state index contributed by atoms with van der Waals surface area (Å²) in [6.45, 7) is 2.84. The van der Waals surface area contributed by atoms with Gasteiger partial charge < -0.3 is 9.32 Å². The third kappa shape index (κ3) is 1.56. The van der Waals surface area contributed by atoms with Crippen molar-refractivity contribution in [1.29, 1.82) is 0 Å². The molecule has 0 aliphatic carbocycles. The third-order valence-corrected chi connectivity index (χ3v) is 4.42. The number of anilines is 1. The fourth-order valence-electron chi connectivity index (χ4n) is 3.47. The molecule has 1 atom stereocenters. The predicted molar refractivity (Wildman–Crippen MR) is 77.7 cm³/mol. The summed E-state index contributed by atoms with van der Waals surface area (Å²) < 4.78 is 5.74. The maximum atomic E-state index is 12.7. The second-order valence-corrected chi connectivity index (χ2v) is 5.79. The number of hydrogen-bond donors (Lipinski definition) is 0. The molecule has 3 heteroatoms. The Morgan fingerprint density at radius 1 is 1.25 bits per heavy atom. The van der Waals surface area contributed by atoms with E-state index in [1.54, 1.807) is 6.26 Å². The van der Waals surface area contributed by atoms with E-state index in [2.05, 4.69) is 18.2 Å². The number of rotatable bonds is 0. The number of fused-ring (bicyclic) bond motifs is 2. The highest BCUT2D eigenvalue weighted by Crippen LogP contribution is 2.42. The van der Waals surface area contributed by atoms with Crippen molar-refractivity contribution in [3.8, 4) is 11.3 Å². The number of carbonyl (C=O) groups is 1. The predicted octanol–water partition coefficient (Wildman–Crippen LogP) is 3.42. The molecule has 20 heavy (non-hydrogen) atoms. The van der Waals surface area contributed by atoms with Gasteiger partial charge in [-0.3, -0.25) is 4.79 Å². The quantitative estimate of drug-likeness (QED) is 0.733. The minimum absolute atomic E-state index is 0.00524. The molecule has 2 aromatic rings. The summed E-state index contributed by atoms with van der Waals surface area (Å²) in [6, 6.07) is 8.27. The van der Waals surface area contributed by atoms with Gasteiger partial charge in [-0.05, 0) is 42.5 Å². The number of benzene rings is 1. The standard InChI is InChI=1S/C17H17NO2/c1-11-10-13-7-9-20-16(13)14-6-2-4-12-5-3-8-18(15(12)14)17(11)19/h2,4,6-7,9,11H,3,5,8,10H2,1H3. The zero-order chi connectivity index (χ0) is 13.7. The average molecular weight is 267 g/mol. The lowest BCUT2D eigenvalue weighted by Gasteiger charge is -2.34. The van der Waals surface area contributed by atoms with Crippen LogP contribution in [0.3, 0.4) is 0 Å². The van der Waals surface area contributed by atoms with E-state index < -0.39 is 0 Å². The fourth-order valence-corrected chi connectivity index (χ4v) is 3.47. The molecule has 0 fully saturated rings. The molecule has 1 unspecified atom stereocenters. The summed E-state index contributed by atoms with van der Waals surface area (Å²) >= 11 is 0. The Hall–Kier alpha value is -2.03. The molecule has 4 rings (SSSR count). The van der Waals surface area contributed by atoms with Crippen LogP contribution in [0.4, 0.5) is 5.69 Å². The van der Waals surface area contributed by atoms with Crippen LogP contribution in [-0.4, -0.2) is 12.5 Å². The number of nitrogens with zero attached hydrogens (tertiary/aromatic N) is 1. The van der Waals surface area contributed by atoms with Gasteiger partial charge in [0.1, 0.15) is 5.76 Å². The molecular weight excluding hydrogens is 250 g/mol. The van der Waals surface area contributed by atoms with Gasteiger partial charge in [0.2, 0.25) is 5.91 Å². The Bertz CT molecular complexity index is 686. The Kier molecular flexibility index (Phi) is 2.49. The van der Waals surface area contributed by atoms with Gasteiger partial charge in [0.25, 0.3) is 0 Å². The SMILES string of the molecule is CC1Cc2ccoc2-c2cccc3c2N(CCC3)C1=O. The van der Waals surface area contributed by atoms with E-state index in [1.165, 1.54) is 5.56 Å². The van der Waals surface area contributed by atoms with Crippen LogP contribution in [0, 0.1) is 5.92 Å². The van der Waals surface area contributed by atoms with E-state index in [1.807, 2.05) is 17.9 Å². The fraction of sp³-hybridized carbons (Fsp3) is 0.353. The lowest BCUT2D eigenvalue weighted by atomic mass is 9.89. The summed E-state index contributed by atoms with van der Waals surface area (Å²) in [5, 5.41) is 0. The molecule has 102 valence electrons. The molecule has 0 saturated carbocycles. The molecule has 0 N–H and O–H groups in total. The molecule has 3 heterocycles. The highest BCUT2D eigenvalue weighted by molar-refractivity contribution is 6.01. The van der Waals surface area contributed by atoms with Crippen LogP contribution >= 0.6 is 0 Å². The molecule has 0 saturated heterocycles. The summed E-state index contributed by atoms with van der Waals surface area (Å²) in [5.41, 5.74) is 4.55. The first kappa shape index (κ1) is 11.8. The molecule has 3 nitrogen and oxygen atoms in total. The van der Waals surface area contributed by atoms with E-state index in [0.29, 0.717) is 0 Å². The number of hydrogen-bond acceptors (Lipinski definition) is 2. The average Bonchev–Trinajstić information content (AvgIpc) is 2.92. The maximum Gasteiger partial charge on any atom is 0.230 e. The van der Waals surface area contributed by atoms with E-state index in [0.717, 1.165) is 48.4 Å². The zero-order valence-corrected chi connectivity index (χ0v) is 11.6. The van der Waals surface area contributed by atoms with Gasteiger partial charge in [0.05, 0.1) is 12.0 Å². The number of aryl methyl sites for hydroxylation is 1. The maximum absolute atomic E-state index is 12.7. The van der Waals surface area contributed by atoms with Gasteiger partial charge in [-0.2, -0.15) is 0 Å². The Labute approximate surface area is 118 Å². The Balaban J connectivity index is 2.03. The minimum Gasteiger partial charge on any atom is -0.464 e. The monoisotopic (exact) mass is 267 g/mol. The molecule has 0 spiro atoms. The van der Waals surface area contributed by atoms with Gasteiger partial charge >= 0.3 is 0 Å². The van der Waals surface area contributed by atoms with Gasteiger partial charge in [0, 0.05) is 18.0 Å². The number of amides is 1. The number of furan rings is 1. The van der Waals surface area contributed by atoms with Crippen LogP contribution in [0.15, 0.2) is 34.9 Å². The van der Waals surface area contributed by atoms with Crippen molar-refractivity contribution < 1.29 is 9.21 Å². The first-order chi connectivity index (χ1) is 9.75. The normalized spacial score (nSPS) is 20.9. The summed E-state index contributed by atoms with van der Waals surface area (Å²) in [6.07, 6.45) is 4.57. The number of para-hydroxylation sites is 1. The van der Waals surface area contributed by atoms with Gasteiger partial charge in [-0.1, -0.05) is 19.1 Å². The molecular formula is C17H17NO2. The molecule has 1 amide bonds. The van der Waals surface area contributed by atoms with Crippen LogP contribution in [0.2, 0.25) is 0 Å². The summed E-state index contributed by atoms with van der Waals surface area (Å²) in [5.74, 6) is 1.18. The lowest BCUT2D eigenvalue weighted by Crippen LogP contribution is -2.40. The van der Waals surface area contributed by atoms with Crippen molar-refractivity contribution in [3.05, 3.63) is 41.7 Å². The first-order valence-electron chi connectivity index (χ1n) is 7.25. The van der Waals surface area contributed by atoms with Crippen molar-refractivity contribution in [3.63, 3.8) is 0 Å². The molecule has 2 aliphatic heterocycles. The smallest absolute Gasteiger partial charge is 0.230 e. The summed E-state index contributed by atoms with van der Waals surface area (Å²) in [7, 11) is 0. The van der Waals surface area contributed by atoms with E-state index >= 15 is 0 Å². The molecule has 2 aliphatic rings. The third-order valence-electron chi connectivity index (χ3n) is 4.42. The summed E-state index contributed by atoms with van der Waals surface area (Å²) in [4.78, 5) is 14.7. The lowest BCUT2D eigenvalue weighted by molar-refractivity contribution is -0.122. The molecule has 0 radical (unpaired) electrons. The largest absolute Gasteiger partial charge is 0.464 e. The van der Waals surface area contributed by atoms with E-state index in [4.69, 9.17) is 4.42 Å². The topological polar surface area (TPSA) is 33.5 Å². The Morgan fingerprint density at radius 2 is 2.15 bits per heavy atom. The van der Waals surface area contributed by atoms with Crippen LogP contribution in [0.25, 0.3) is 11.3 Å². The van der Waals surface area contributed by atoms with Gasteiger partial charge in [-0.15, -0.1) is 0 Å². The van der Waals surface area contributed by atoms with Crippen molar-refractivity contribution in [2.45, 2.75) is 26.2 Å². The van der Waals surface area contributed by atoms with Crippen LogP contribution in [0.1, 0.15) is 24.5 Å². The van der Waals surface area contributed by atoms with Gasteiger partial charge in [-0.25, -0.2) is 0 Å². The van der Waals surface area contributed by atoms with Crippen molar-refractivity contribution in [2.24, 2.45) is 5.92 Å². The van der Waals surface area contributed by atoms with Crippen LogP contribution in [0.5, 0.6) is 0 Å². The van der Waals surface area contributed by atoms with E-state index in [-0.39, 0.29) is 11.8 Å². The number of carbonyl (C=O) groups excluding carboxylic acids is 1. The highest BCUT2D eigenvalue weighted by atomic mass is 16.3. The molecule has 1 aromatic carbocycles. The van der Waals surface area contributed by atoms with Crippen LogP contribution in [-0.2, 0) is 17.6 Å². The second-order valence-electron chi connectivity index (χ2n) is 5.79.